The fraction of sp³-hybridized carbons (Fsp3) is 0.500. The van der Waals surface area contributed by atoms with Gasteiger partial charge in [0.15, 0.2) is 11.5 Å². The minimum absolute atomic E-state index is 0.0419. The van der Waals surface area contributed by atoms with Gasteiger partial charge in [0.25, 0.3) is 0 Å². The monoisotopic (exact) mass is 627 g/mol. The van der Waals surface area contributed by atoms with Crippen molar-refractivity contribution in [1.29, 1.82) is 0 Å². The summed E-state index contributed by atoms with van der Waals surface area (Å²) in [4.78, 5) is 98.5. The number of hydrogen-bond donors (Lipinski definition) is 14. The molecule has 0 saturated carbocycles. The zero-order valence-electron chi connectivity index (χ0n) is 17.9. The second-order valence-electron chi connectivity index (χ2n) is 6.11. The van der Waals surface area contributed by atoms with Crippen molar-refractivity contribution in [1.82, 2.24) is 19.5 Å². The van der Waals surface area contributed by atoms with Gasteiger partial charge in [0.2, 0.25) is 0 Å². The van der Waals surface area contributed by atoms with Crippen LogP contribution in [-0.2, 0) is 23.0 Å². The summed E-state index contributed by atoms with van der Waals surface area (Å²) < 4.78 is 43.0. The number of aliphatic hydroxyl groups excluding tert-OH is 1. The molecule has 0 radical (unpaired) electrons. The standard InChI is InChI=1S/C10H13N5O2.4H3O4P/c11-9-8-10(13-4-12-9)15(5-14-8)7-2-1-6(3-16)17-7;4*1-5(2,3)4/h4-7,16H,1-3H2,(H2,11,12,13);4*(H3,1,2,3,4)/t6-,7+;;;;/m0..../s1. The average molecular weight is 627 g/mol. The summed E-state index contributed by atoms with van der Waals surface area (Å²) in [7, 11) is -18.6. The first-order valence-electron chi connectivity index (χ1n) is 8.62. The van der Waals surface area contributed by atoms with E-state index in [4.69, 9.17) is 92.6 Å². The number of phosphoric acid groups is 4. The van der Waals surface area contributed by atoms with E-state index in [9.17, 15) is 0 Å². The van der Waals surface area contributed by atoms with Gasteiger partial charge in [0.1, 0.15) is 18.1 Å². The Morgan fingerprint density at radius 2 is 1.19 bits per heavy atom. The Hall–Kier alpha value is -1.29. The maximum atomic E-state index is 9.04. The van der Waals surface area contributed by atoms with Crippen molar-refractivity contribution in [3.63, 3.8) is 0 Å². The average Bonchev–Trinajstić information content (AvgIpc) is 3.22. The van der Waals surface area contributed by atoms with E-state index in [0.29, 0.717) is 17.0 Å². The van der Waals surface area contributed by atoms with Gasteiger partial charge < -0.3 is 74.3 Å². The summed E-state index contributed by atoms with van der Waals surface area (Å²) in [5.74, 6) is 0.366. The van der Waals surface area contributed by atoms with Gasteiger partial charge in [-0.1, -0.05) is 0 Å². The summed E-state index contributed by atoms with van der Waals surface area (Å²) in [5.41, 5.74) is 6.97. The number of nitrogens with two attached hydrogens (primary N) is 1. The number of hydrogen-bond acceptors (Lipinski definition) is 10. The van der Waals surface area contributed by atoms with E-state index in [0.717, 1.165) is 12.8 Å². The zero-order chi connectivity index (χ0) is 29.8. The Labute approximate surface area is 205 Å². The highest BCUT2D eigenvalue weighted by atomic mass is 31.2. The number of fused-ring (bicyclic) bond motifs is 1. The molecule has 2 atom stereocenters. The van der Waals surface area contributed by atoms with E-state index >= 15 is 0 Å². The second-order valence-corrected chi connectivity index (χ2v) is 10.2. The van der Waals surface area contributed by atoms with Crippen LogP contribution >= 0.6 is 31.3 Å². The van der Waals surface area contributed by atoms with Gasteiger partial charge in [-0.25, -0.2) is 33.2 Å². The van der Waals surface area contributed by atoms with E-state index in [1.54, 1.807) is 6.33 Å². The maximum absolute atomic E-state index is 9.04. The highest BCUT2D eigenvalue weighted by Crippen LogP contribution is 2.30. The molecule has 1 fully saturated rings. The molecule has 0 spiro atoms. The van der Waals surface area contributed by atoms with Crippen molar-refractivity contribution >= 4 is 48.3 Å². The SMILES string of the molecule is Nc1ncnc2c1ncn2[C@H]1CC[C@@H](CO)O1.O=P(O)(O)O.O=P(O)(O)O.O=P(O)(O)O.O=P(O)(O)O. The van der Waals surface area contributed by atoms with Gasteiger partial charge in [0, 0.05) is 0 Å². The lowest BCUT2D eigenvalue weighted by Gasteiger charge is -2.13. The summed E-state index contributed by atoms with van der Waals surface area (Å²) in [6.07, 6.45) is 4.50. The fourth-order valence-electron chi connectivity index (χ4n) is 2.11. The quantitative estimate of drug-likeness (QED) is 0.143. The van der Waals surface area contributed by atoms with Crippen LogP contribution < -0.4 is 5.73 Å². The highest BCUT2D eigenvalue weighted by molar-refractivity contribution is 7.45. The van der Waals surface area contributed by atoms with Crippen molar-refractivity contribution in [3.05, 3.63) is 12.7 Å². The second kappa shape index (κ2) is 16.0. The molecule has 37 heavy (non-hydrogen) atoms. The first-order chi connectivity index (χ1) is 16.3. The Bertz CT molecular complexity index is 1020. The van der Waals surface area contributed by atoms with Gasteiger partial charge in [-0.3, -0.25) is 4.57 Å². The van der Waals surface area contributed by atoms with E-state index in [-0.39, 0.29) is 18.9 Å². The number of nitrogen functional groups attached to an aromatic ring is 1. The molecular formula is C10H25N5O18P4. The van der Waals surface area contributed by atoms with E-state index in [1.165, 1.54) is 6.33 Å². The van der Waals surface area contributed by atoms with Gasteiger partial charge in [0.05, 0.1) is 19.0 Å². The predicted octanol–water partition coefficient (Wildman–Crippen LogP) is -3.64. The van der Waals surface area contributed by atoms with Gasteiger partial charge in [-0.05, 0) is 12.8 Å². The lowest BCUT2D eigenvalue weighted by Crippen LogP contribution is -2.14. The molecule has 1 aliphatic rings. The summed E-state index contributed by atoms with van der Waals surface area (Å²) in [6, 6.07) is 0. The summed E-state index contributed by atoms with van der Waals surface area (Å²) >= 11 is 0. The molecule has 2 aromatic rings. The molecule has 23 nitrogen and oxygen atoms in total. The first-order valence-corrected chi connectivity index (χ1v) is 14.9. The van der Waals surface area contributed by atoms with Gasteiger partial charge >= 0.3 is 31.3 Å². The van der Waals surface area contributed by atoms with Crippen molar-refractivity contribution in [2.75, 3.05) is 12.3 Å². The molecule has 1 saturated heterocycles. The topological polar surface area (TPSA) is 410 Å². The Morgan fingerprint density at radius 3 is 1.54 bits per heavy atom. The molecule has 0 amide bonds. The van der Waals surface area contributed by atoms with Gasteiger partial charge in [-0.2, -0.15) is 0 Å². The van der Waals surface area contributed by atoms with Crippen LogP contribution in [0.2, 0.25) is 0 Å². The van der Waals surface area contributed by atoms with Crippen molar-refractivity contribution in [3.8, 4) is 0 Å². The number of nitrogens with zero attached hydrogens (tertiary/aromatic N) is 4. The molecule has 27 heteroatoms. The van der Waals surface area contributed by atoms with E-state index in [1.807, 2.05) is 4.57 Å². The maximum Gasteiger partial charge on any atom is 0.466 e. The molecule has 2 aromatic heterocycles. The fourth-order valence-corrected chi connectivity index (χ4v) is 2.11. The number of imidazole rings is 1. The van der Waals surface area contributed by atoms with Crippen LogP contribution in [0.5, 0.6) is 0 Å². The lowest BCUT2D eigenvalue weighted by molar-refractivity contribution is -0.0207. The number of rotatable bonds is 2. The molecule has 3 rings (SSSR count). The minimum atomic E-state index is -4.64. The molecule has 218 valence electrons. The molecule has 15 N–H and O–H groups in total. The third kappa shape index (κ3) is 27.6. The molecule has 3 heterocycles. The molecule has 0 bridgehead atoms. The van der Waals surface area contributed by atoms with Gasteiger partial charge in [-0.15, -0.1) is 0 Å². The molecule has 0 unspecified atom stereocenters. The third-order valence-electron chi connectivity index (χ3n) is 2.99. The third-order valence-corrected chi connectivity index (χ3v) is 2.99. The van der Waals surface area contributed by atoms with Crippen molar-refractivity contribution in [2.45, 2.75) is 25.2 Å². The van der Waals surface area contributed by atoms with E-state index < -0.39 is 31.3 Å². The Morgan fingerprint density at radius 1 is 0.784 bits per heavy atom. The van der Waals surface area contributed by atoms with E-state index in [2.05, 4.69) is 15.0 Å². The Kier molecular flexibility index (Phi) is 16.3. The van der Waals surface area contributed by atoms with Crippen LogP contribution in [0.15, 0.2) is 12.7 Å². The molecule has 1 aliphatic heterocycles. The first kappa shape index (κ1) is 37.9. The lowest BCUT2D eigenvalue weighted by atomic mass is 10.2. The van der Waals surface area contributed by atoms with Crippen LogP contribution in [0.4, 0.5) is 5.82 Å². The largest absolute Gasteiger partial charge is 0.466 e. The molecular weight excluding hydrogens is 602 g/mol. The smallest absolute Gasteiger partial charge is 0.394 e. The number of aromatic nitrogens is 4. The molecule has 0 aromatic carbocycles. The number of ether oxygens (including phenoxy) is 1. The number of anilines is 1. The van der Waals surface area contributed by atoms with Crippen molar-refractivity contribution in [2.24, 2.45) is 0 Å². The van der Waals surface area contributed by atoms with Crippen LogP contribution in [-0.4, -0.2) is 96.1 Å². The van der Waals surface area contributed by atoms with Crippen LogP contribution in [0.3, 0.4) is 0 Å². The summed E-state index contributed by atoms with van der Waals surface area (Å²) in [5, 5.41) is 9.04. The number of aliphatic hydroxyl groups is 1. The van der Waals surface area contributed by atoms with Crippen LogP contribution in [0, 0.1) is 0 Å². The summed E-state index contributed by atoms with van der Waals surface area (Å²) in [6.45, 7) is 0.0419. The normalized spacial score (nSPS) is 17.6. The van der Waals surface area contributed by atoms with Crippen molar-refractivity contribution < 1.29 is 86.8 Å². The Balaban J connectivity index is 0. The van der Waals surface area contributed by atoms with Crippen LogP contribution in [0.1, 0.15) is 19.1 Å². The zero-order valence-corrected chi connectivity index (χ0v) is 21.5. The van der Waals surface area contributed by atoms with Crippen LogP contribution in [0.25, 0.3) is 11.2 Å². The molecule has 0 aliphatic carbocycles. The minimum Gasteiger partial charge on any atom is -0.394 e. The highest BCUT2D eigenvalue weighted by Gasteiger charge is 2.27. The predicted molar refractivity (Wildman–Crippen MR) is 117 cm³/mol.